The molecule has 0 unspecified atom stereocenters. The number of hydrogen-bond donors (Lipinski definition) is 0. The zero-order valence-corrected chi connectivity index (χ0v) is 15.7. The maximum absolute atomic E-state index is 13.3. The predicted molar refractivity (Wildman–Crippen MR) is 109 cm³/mol. The summed E-state index contributed by atoms with van der Waals surface area (Å²) in [6, 6.07) is 16.2. The Morgan fingerprint density at radius 3 is 2.68 bits per heavy atom. The number of aromatic nitrogens is 3. The van der Waals surface area contributed by atoms with Gasteiger partial charge < -0.3 is 4.74 Å². The van der Waals surface area contributed by atoms with Gasteiger partial charge in [0.05, 0.1) is 5.39 Å². The van der Waals surface area contributed by atoms with E-state index < -0.39 is 0 Å². The summed E-state index contributed by atoms with van der Waals surface area (Å²) in [7, 11) is 0. The molecule has 0 spiro atoms. The zero-order chi connectivity index (χ0) is 19.1. The smallest absolute Gasteiger partial charge is 0.231 e. The van der Waals surface area contributed by atoms with Gasteiger partial charge in [-0.2, -0.15) is 0 Å². The fraction of sp³-hybridized carbons (Fsp3) is 0.0455. The fourth-order valence-electron chi connectivity index (χ4n) is 3.17. The van der Waals surface area contributed by atoms with Crippen LogP contribution in [0.4, 0.5) is 4.39 Å². The summed E-state index contributed by atoms with van der Waals surface area (Å²) >= 11 is 1.50. The number of benzene rings is 2. The Hall–Kier alpha value is -3.38. The highest BCUT2D eigenvalue weighted by Gasteiger charge is 2.16. The van der Waals surface area contributed by atoms with Crippen molar-refractivity contribution in [2.45, 2.75) is 6.92 Å². The first-order valence-electron chi connectivity index (χ1n) is 8.71. The Morgan fingerprint density at radius 1 is 0.964 bits per heavy atom. The number of halogens is 1. The van der Waals surface area contributed by atoms with Gasteiger partial charge in [-0.15, -0.1) is 11.3 Å². The molecular weight excluding hydrogens is 373 g/mol. The average molecular weight is 387 g/mol. The van der Waals surface area contributed by atoms with Gasteiger partial charge >= 0.3 is 0 Å². The quantitative estimate of drug-likeness (QED) is 0.373. The van der Waals surface area contributed by atoms with Crippen LogP contribution in [-0.2, 0) is 0 Å². The van der Waals surface area contributed by atoms with Crippen LogP contribution in [0.25, 0.3) is 32.2 Å². The molecule has 6 heteroatoms. The highest BCUT2D eigenvalue weighted by Crippen LogP contribution is 2.39. The first kappa shape index (κ1) is 16.8. The van der Waals surface area contributed by atoms with Crippen molar-refractivity contribution < 1.29 is 9.13 Å². The van der Waals surface area contributed by atoms with E-state index in [1.165, 1.54) is 29.8 Å². The highest BCUT2D eigenvalue weighted by molar-refractivity contribution is 7.17. The third-order valence-electron chi connectivity index (χ3n) is 4.52. The molecule has 0 radical (unpaired) electrons. The van der Waals surface area contributed by atoms with E-state index in [0.29, 0.717) is 11.6 Å². The molecule has 136 valence electrons. The maximum atomic E-state index is 13.3. The third kappa shape index (κ3) is 2.88. The lowest BCUT2D eigenvalue weighted by Gasteiger charge is -2.10. The van der Waals surface area contributed by atoms with E-state index in [2.05, 4.69) is 15.0 Å². The van der Waals surface area contributed by atoms with E-state index >= 15 is 0 Å². The number of fused-ring (bicyclic) bond motifs is 2. The van der Waals surface area contributed by atoms with Crippen LogP contribution in [0.1, 0.15) is 5.69 Å². The van der Waals surface area contributed by atoms with Crippen LogP contribution in [0.2, 0.25) is 0 Å². The van der Waals surface area contributed by atoms with E-state index in [1.54, 1.807) is 12.1 Å². The Balaban J connectivity index is 1.67. The third-order valence-corrected chi connectivity index (χ3v) is 5.41. The Labute approximate surface area is 164 Å². The molecule has 0 N–H and O–H groups in total. The van der Waals surface area contributed by atoms with Gasteiger partial charge in [0.25, 0.3) is 0 Å². The number of rotatable bonds is 3. The molecule has 3 heterocycles. The summed E-state index contributed by atoms with van der Waals surface area (Å²) in [4.78, 5) is 14.2. The SMILES string of the molecule is Cc1ccc2cccc(Oc3ncnc4scc(-c5ccc(F)cc5)c34)c2n1. The summed E-state index contributed by atoms with van der Waals surface area (Å²) < 4.78 is 19.6. The summed E-state index contributed by atoms with van der Waals surface area (Å²) in [6.07, 6.45) is 1.49. The maximum Gasteiger partial charge on any atom is 0.231 e. The van der Waals surface area contributed by atoms with Crippen molar-refractivity contribution in [1.82, 2.24) is 15.0 Å². The van der Waals surface area contributed by atoms with Crippen molar-refractivity contribution in [1.29, 1.82) is 0 Å². The fourth-order valence-corrected chi connectivity index (χ4v) is 4.08. The van der Waals surface area contributed by atoms with Crippen LogP contribution in [0.15, 0.2) is 66.3 Å². The molecule has 0 aliphatic carbocycles. The molecule has 0 fully saturated rings. The molecule has 0 amide bonds. The number of pyridine rings is 1. The lowest BCUT2D eigenvalue weighted by Crippen LogP contribution is -1.93. The van der Waals surface area contributed by atoms with Gasteiger partial charge in [0, 0.05) is 22.0 Å². The molecule has 0 atom stereocenters. The first-order valence-corrected chi connectivity index (χ1v) is 9.59. The average Bonchev–Trinajstić information content (AvgIpc) is 3.14. The van der Waals surface area contributed by atoms with Crippen LogP contribution in [0.3, 0.4) is 0 Å². The largest absolute Gasteiger partial charge is 0.436 e. The van der Waals surface area contributed by atoms with Crippen LogP contribution >= 0.6 is 11.3 Å². The molecule has 4 nitrogen and oxygen atoms in total. The molecule has 5 rings (SSSR count). The second-order valence-corrected chi connectivity index (χ2v) is 7.26. The van der Waals surface area contributed by atoms with Gasteiger partial charge in [0.1, 0.15) is 22.5 Å². The zero-order valence-electron chi connectivity index (χ0n) is 14.9. The van der Waals surface area contributed by atoms with E-state index in [4.69, 9.17) is 4.74 Å². The molecule has 0 aliphatic rings. The molecule has 5 aromatic rings. The van der Waals surface area contributed by atoms with Crippen LogP contribution in [-0.4, -0.2) is 15.0 Å². The second-order valence-electron chi connectivity index (χ2n) is 6.40. The van der Waals surface area contributed by atoms with Crippen molar-refractivity contribution >= 4 is 32.5 Å². The first-order chi connectivity index (χ1) is 13.7. The summed E-state index contributed by atoms with van der Waals surface area (Å²) in [5.41, 5.74) is 3.51. The van der Waals surface area contributed by atoms with Crippen molar-refractivity contribution in [2.75, 3.05) is 0 Å². The van der Waals surface area contributed by atoms with Crippen molar-refractivity contribution in [3.8, 4) is 22.8 Å². The van der Waals surface area contributed by atoms with E-state index in [-0.39, 0.29) is 5.82 Å². The van der Waals surface area contributed by atoms with Gasteiger partial charge in [0.15, 0.2) is 5.75 Å². The monoisotopic (exact) mass is 387 g/mol. The standard InChI is InChI=1S/C22H14FN3OS/c1-13-5-6-15-3-2-4-18(20(15)26-13)27-21-19-17(11-28-22(19)25-12-24-21)14-7-9-16(23)10-8-14/h2-12H,1H3. The second kappa shape index (κ2) is 6.65. The number of aryl methyl sites for hydroxylation is 1. The number of ether oxygens (including phenoxy) is 1. The molecule has 3 aromatic heterocycles. The van der Waals surface area contributed by atoms with Gasteiger partial charge in [-0.1, -0.05) is 30.3 Å². The highest BCUT2D eigenvalue weighted by atomic mass is 32.1. The van der Waals surface area contributed by atoms with Crippen LogP contribution in [0, 0.1) is 12.7 Å². The van der Waals surface area contributed by atoms with Crippen LogP contribution < -0.4 is 4.74 Å². The molecule has 2 aromatic carbocycles. The number of hydrogen-bond acceptors (Lipinski definition) is 5. The normalized spacial score (nSPS) is 11.2. The van der Waals surface area contributed by atoms with Gasteiger partial charge in [-0.3, -0.25) is 0 Å². The summed E-state index contributed by atoms with van der Waals surface area (Å²) in [5.74, 6) is 0.826. The Morgan fingerprint density at radius 2 is 1.82 bits per heavy atom. The number of thiophene rings is 1. The Kier molecular flexibility index (Phi) is 3.98. The topological polar surface area (TPSA) is 47.9 Å². The summed E-state index contributed by atoms with van der Waals surface area (Å²) in [6.45, 7) is 1.95. The van der Waals surface area contributed by atoms with Crippen molar-refractivity contribution in [2.24, 2.45) is 0 Å². The van der Waals surface area contributed by atoms with Gasteiger partial charge in [-0.25, -0.2) is 19.3 Å². The lowest BCUT2D eigenvalue weighted by atomic mass is 10.1. The molecule has 0 saturated heterocycles. The number of para-hydroxylation sites is 1. The molecule has 0 saturated carbocycles. The van der Waals surface area contributed by atoms with Crippen molar-refractivity contribution in [3.05, 3.63) is 77.8 Å². The van der Waals surface area contributed by atoms with E-state index in [1.807, 2.05) is 42.6 Å². The molecular formula is C22H14FN3OS. The van der Waals surface area contributed by atoms with Gasteiger partial charge in [-0.05, 0) is 36.8 Å². The number of nitrogens with zero attached hydrogens (tertiary/aromatic N) is 3. The van der Waals surface area contributed by atoms with E-state index in [9.17, 15) is 4.39 Å². The van der Waals surface area contributed by atoms with E-state index in [0.717, 1.165) is 37.9 Å². The molecule has 28 heavy (non-hydrogen) atoms. The molecule has 0 bridgehead atoms. The lowest BCUT2D eigenvalue weighted by molar-refractivity contribution is 0.472. The van der Waals surface area contributed by atoms with Crippen molar-refractivity contribution in [3.63, 3.8) is 0 Å². The minimum atomic E-state index is -0.270. The Bertz CT molecular complexity index is 1310. The predicted octanol–water partition coefficient (Wildman–Crippen LogP) is 6.15. The van der Waals surface area contributed by atoms with Crippen LogP contribution in [0.5, 0.6) is 11.6 Å². The molecule has 0 aliphatic heterocycles. The van der Waals surface area contributed by atoms with Gasteiger partial charge in [0.2, 0.25) is 5.88 Å². The minimum Gasteiger partial charge on any atom is -0.436 e. The minimum absolute atomic E-state index is 0.270. The summed E-state index contributed by atoms with van der Waals surface area (Å²) in [5, 5.41) is 3.80.